The molecule has 1 unspecified atom stereocenters. The van der Waals surface area contributed by atoms with Gasteiger partial charge in [-0.1, -0.05) is 20.3 Å². The summed E-state index contributed by atoms with van der Waals surface area (Å²) in [6, 6.07) is -0.323. The minimum Gasteiger partial charge on any atom is -0.480 e. The first-order chi connectivity index (χ1) is 6.48. The number of carbonyl (C=O) groups is 1. The number of rotatable bonds is 3. The molecular weight excluding hydrogens is 178 g/mol. The standard InChI is InChI=1S/C11H21NO2/c1-4-11(3)5-7-12(8-6-11)9(2)10(13)14/h9H,4-8H2,1-3H3,(H,13,14). The Bertz CT molecular complexity index is 207. The molecule has 0 amide bonds. The van der Waals surface area contributed by atoms with E-state index in [1.165, 1.54) is 6.42 Å². The molecule has 1 aliphatic heterocycles. The first kappa shape index (κ1) is 11.5. The fraction of sp³-hybridized carbons (Fsp3) is 0.909. The third-order valence-electron chi connectivity index (χ3n) is 3.76. The normalized spacial score (nSPS) is 24.5. The van der Waals surface area contributed by atoms with E-state index in [-0.39, 0.29) is 6.04 Å². The number of hydrogen-bond acceptors (Lipinski definition) is 2. The first-order valence-corrected chi connectivity index (χ1v) is 5.45. The molecule has 0 aliphatic carbocycles. The molecule has 1 rings (SSSR count). The molecule has 0 radical (unpaired) electrons. The van der Waals surface area contributed by atoms with E-state index < -0.39 is 5.97 Å². The summed E-state index contributed by atoms with van der Waals surface area (Å²) in [5.74, 6) is -0.704. The first-order valence-electron chi connectivity index (χ1n) is 5.45. The third kappa shape index (κ3) is 2.47. The topological polar surface area (TPSA) is 40.5 Å². The highest BCUT2D eigenvalue weighted by Crippen LogP contribution is 2.34. The second kappa shape index (κ2) is 4.30. The van der Waals surface area contributed by atoms with Crippen molar-refractivity contribution in [2.45, 2.75) is 46.1 Å². The van der Waals surface area contributed by atoms with Crippen LogP contribution in [-0.2, 0) is 4.79 Å². The van der Waals surface area contributed by atoms with Gasteiger partial charge in [0.25, 0.3) is 0 Å². The van der Waals surface area contributed by atoms with E-state index in [1.807, 2.05) is 0 Å². The van der Waals surface area contributed by atoms with Crippen molar-refractivity contribution in [2.24, 2.45) is 5.41 Å². The molecule has 1 N–H and O–H groups in total. The van der Waals surface area contributed by atoms with Crippen molar-refractivity contribution in [1.29, 1.82) is 0 Å². The fourth-order valence-corrected chi connectivity index (χ4v) is 1.96. The van der Waals surface area contributed by atoms with Gasteiger partial charge in [0.15, 0.2) is 0 Å². The minimum atomic E-state index is -0.704. The maximum atomic E-state index is 10.8. The molecule has 1 saturated heterocycles. The summed E-state index contributed by atoms with van der Waals surface area (Å²) in [7, 11) is 0. The van der Waals surface area contributed by atoms with E-state index in [1.54, 1.807) is 6.92 Å². The molecule has 0 aromatic rings. The van der Waals surface area contributed by atoms with E-state index in [2.05, 4.69) is 18.7 Å². The predicted octanol–water partition coefficient (Wildman–Crippen LogP) is 1.97. The van der Waals surface area contributed by atoms with Crippen molar-refractivity contribution in [3.63, 3.8) is 0 Å². The molecule has 82 valence electrons. The van der Waals surface area contributed by atoms with E-state index in [4.69, 9.17) is 5.11 Å². The molecule has 1 atom stereocenters. The van der Waals surface area contributed by atoms with Crippen molar-refractivity contribution in [3.8, 4) is 0 Å². The van der Waals surface area contributed by atoms with Crippen LogP contribution in [0.15, 0.2) is 0 Å². The van der Waals surface area contributed by atoms with Gasteiger partial charge in [0, 0.05) is 0 Å². The smallest absolute Gasteiger partial charge is 0.320 e. The van der Waals surface area contributed by atoms with Gasteiger partial charge >= 0.3 is 5.97 Å². The molecule has 0 aromatic carbocycles. The summed E-state index contributed by atoms with van der Waals surface area (Å²) in [6.07, 6.45) is 3.45. The van der Waals surface area contributed by atoms with Crippen LogP contribution in [0.2, 0.25) is 0 Å². The Morgan fingerprint density at radius 1 is 1.50 bits per heavy atom. The highest BCUT2D eigenvalue weighted by molar-refractivity contribution is 5.72. The van der Waals surface area contributed by atoms with E-state index >= 15 is 0 Å². The van der Waals surface area contributed by atoms with Gasteiger partial charge < -0.3 is 5.11 Å². The molecule has 14 heavy (non-hydrogen) atoms. The number of nitrogens with zero attached hydrogens (tertiary/aromatic N) is 1. The predicted molar refractivity (Wildman–Crippen MR) is 56.3 cm³/mol. The fourth-order valence-electron chi connectivity index (χ4n) is 1.96. The average molecular weight is 199 g/mol. The van der Waals surface area contributed by atoms with Crippen LogP contribution < -0.4 is 0 Å². The van der Waals surface area contributed by atoms with Crippen LogP contribution in [0.3, 0.4) is 0 Å². The van der Waals surface area contributed by atoms with Crippen molar-refractivity contribution in [2.75, 3.05) is 13.1 Å². The summed E-state index contributed by atoms with van der Waals surface area (Å²) in [5.41, 5.74) is 0.439. The second-order valence-electron chi connectivity index (χ2n) is 4.71. The van der Waals surface area contributed by atoms with Crippen LogP contribution in [0.5, 0.6) is 0 Å². The number of carboxylic acids is 1. The van der Waals surface area contributed by atoms with Gasteiger partial charge in [-0.25, -0.2) is 0 Å². The van der Waals surface area contributed by atoms with E-state index in [9.17, 15) is 4.79 Å². The summed E-state index contributed by atoms with van der Waals surface area (Å²) < 4.78 is 0. The quantitative estimate of drug-likeness (QED) is 0.755. The van der Waals surface area contributed by atoms with Crippen LogP contribution in [0.4, 0.5) is 0 Å². The largest absolute Gasteiger partial charge is 0.480 e. The second-order valence-corrected chi connectivity index (χ2v) is 4.71. The van der Waals surface area contributed by atoms with Crippen molar-refractivity contribution in [3.05, 3.63) is 0 Å². The number of carboxylic acid groups (broad SMARTS) is 1. The maximum Gasteiger partial charge on any atom is 0.320 e. The SMILES string of the molecule is CCC1(C)CCN(C(C)C(=O)O)CC1. The Balaban J connectivity index is 2.47. The average Bonchev–Trinajstić information content (AvgIpc) is 2.18. The molecule has 1 fully saturated rings. The van der Waals surface area contributed by atoms with Gasteiger partial charge in [-0.05, 0) is 38.3 Å². The number of likely N-dealkylation sites (tertiary alicyclic amines) is 1. The van der Waals surface area contributed by atoms with Crippen molar-refractivity contribution in [1.82, 2.24) is 4.90 Å². The highest BCUT2D eigenvalue weighted by Gasteiger charge is 2.31. The van der Waals surface area contributed by atoms with E-state index in [0.717, 1.165) is 25.9 Å². The molecule has 1 heterocycles. The van der Waals surface area contributed by atoms with Gasteiger partial charge in [-0.2, -0.15) is 0 Å². The van der Waals surface area contributed by atoms with Gasteiger partial charge in [0.1, 0.15) is 6.04 Å². The van der Waals surface area contributed by atoms with Gasteiger partial charge in [0.05, 0.1) is 0 Å². The van der Waals surface area contributed by atoms with Crippen LogP contribution in [-0.4, -0.2) is 35.1 Å². The summed E-state index contributed by atoms with van der Waals surface area (Å²) in [4.78, 5) is 12.9. The molecule has 0 aromatic heterocycles. The lowest BCUT2D eigenvalue weighted by molar-refractivity contribution is -0.143. The Morgan fingerprint density at radius 2 is 2.00 bits per heavy atom. The zero-order valence-electron chi connectivity index (χ0n) is 9.42. The van der Waals surface area contributed by atoms with Crippen LogP contribution >= 0.6 is 0 Å². The van der Waals surface area contributed by atoms with Gasteiger partial charge in [-0.15, -0.1) is 0 Å². The van der Waals surface area contributed by atoms with Gasteiger partial charge in [0.2, 0.25) is 0 Å². The molecule has 0 bridgehead atoms. The molecule has 0 saturated carbocycles. The summed E-state index contributed by atoms with van der Waals surface area (Å²) in [5, 5.41) is 8.88. The number of aliphatic carboxylic acids is 1. The minimum absolute atomic E-state index is 0.323. The molecule has 1 aliphatic rings. The molecule has 3 heteroatoms. The van der Waals surface area contributed by atoms with Crippen LogP contribution in [0, 0.1) is 5.41 Å². The monoisotopic (exact) mass is 199 g/mol. The molecular formula is C11H21NO2. The number of piperidine rings is 1. The third-order valence-corrected chi connectivity index (χ3v) is 3.76. The lowest BCUT2D eigenvalue weighted by Gasteiger charge is -2.40. The Hall–Kier alpha value is -0.570. The summed E-state index contributed by atoms with van der Waals surface area (Å²) in [6.45, 7) is 8.15. The lowest BCUT2D eigenvalue weighted by Crippen LogP contribution is -2.46. The van der Waals surface area contributed by atoms with Gasteiger partial charge in [-0.3, -0.25) is 9.69 Å². The maximum absolute atomic E-state index is 10.8. The molecule has 0 spiro atoms. The van der Waals surface area contributed by atoms with Crippen molar-refractivity contribution < 1.29 is 9.90 Å². The number of hydrogen-bond donors (Lipinski definition) is 1. The Labute approximate surface area is 86.1 Å². The Morgan fingerprint density at radius 3 is 2.36 bits per heavy atom. The summed E-state index contributed by atoms with van der Waals surface area (Å²) >= 11 is 0. The Kier molecular flexibility index (Phi) is 3.53. The zero-order valence-corrected chi connectivity index (χ0v) is 9.42. The zero-order chi connectivity index (χ0) is 10.8. The van der Waals surface area contributed by atoms with Crippen LogP contribution in [0.1, 0.15) is 40.0 Å². The van der Waals surface area contributed by atoms with Crippen LogP contribution in [0.25, 0.3) is 0 Å². The lowest BCUT2D eigenvalue weighted by atomic mass is 9.78. The highest BCUT2D eigenvalue weighted by atomic mass is 16.4. The van der Waals surface area contributed by atoms with E-state index in [0.29, 0.717) is 5.41 Å². The molecule has 3 nitrogen and oxygen atoms in total. The van der Waals surface area contributed by atoms with Crippen molar-refractivity contribution >= 4 is 5.97 Å².